The summed E-state index contributed by atoms with van der Waals surface area (Å²) in [5, 5.41) is 27.3. The van der Waals surface area contributed by atoms with Crippen molar-refractivity contribution >= 4 is 73.8 Å². The summed E-state index contributed by atoms with van der Waals surface area (Å²) < 4.78 is 8.21. The summed E-state index contributed by atoms with van der Waals surface area (Å²) in [7, 11) is 1.70. The molecule has 57 heavy (non-hydrogen) atoms. The fourth-order valence-corrected chi connectivity index (χ4v) is 11.1. The summed E-state index contributed by atoms with van der Waals surface area (Å²) in [6, 6.07) is 20.1. The molecule has 0 unspecified atom stereocenters. The van der Waals surface area contributed by atoms with E-state index in [9.17, 15) is 29.6 Å². The van der Waals surface area contributed by atoms with Crippen molar-refractivity contribution in [3.63, 3.8) is 0 Å². The highest BCUT2D eigenvalue weighted by Gasteiger charge is 2.68. The molecule has 290 valence electrons. The number of nitrogens with zero attached hydrogens (tertiary/aromatic N) is 5. The molecule has 13 nitrogen and oxygen atoms in total. The van der Waals surface area contributed by atoms with Gasteiger partial charge in [0.2, 0.25) is 23.6 Å². The number of fused-ring (bicyclic) bond motifs is 5. The summed E-state index contributed by atoms with van der Waals surface area (Å²) >= 11 is 7.86. The van der Waals surface area contributed by atoms with Crippen LogP contribution in [0.3, 0.4) is 0 Å². The minimum Gasteiger partial charge on any atom is -0.491 e. The molecule has 3 aromatic carbocycles. The van der Waals surface area contributed by atoms with E-state index in [0.717, 1.165) is 36.6 Å². The van der Waals surface area contributed by atoms with E-state index in [2.05, 4.69) is 0 Å². The van der Waals surface area contributed by atoms with Gasteiger partial charge in [-0.3, -0.25) is 34.0 Å². The monoisotopic (exact) mass is 805 g/mol. The third-order valence-electron chi connectivity index (χ3n) is 12.4. The number of anilines is 2. The molecule has 4 amide bonds. The topological polar surface area (TPSA) is 165 Å². The molecule has 4 aliphatic rings. The van der Waals surface area contributed by atoms with E-state index in [-0.39, 0.29) is 37.4 Å². The summed E-state index contributed by atoms with van der Waals surface area (Å²) in [5.41, 5.74) is 1.69. The number of carbonyl (C=O) groups is 4. The van der Waals surface area contributed by atoms with Crippen molar-refractivity contribution in [3.8, 4) is 16.3 Å². The van der Waals surface area contributed by atoms with Crippen LogP contribution in [-0.2, 0) is 26.2 Å². The molecule has 2 saturated heterocycles. The fraction of sp³-hybridized carbons (Fsp3) is 0.310. The smallest absolute Gasteiger partial charge is 0.271 e. The summed E-state index contributed by atoms with van der Waals surface area (Å²) in [5.74, 6) is -4.62. The van der Waals surface area contributed by atoms with Gasteiger partial charge in [0.1, 0.15) is 23.9 Å². The third-order valence-corrected chi connectivity index (χ3v) is 13.9. The van der Waals surface area contributed by atoms with Crippen LogP contribution in [0.4, 0.5) is 17.2 Å². The molecule has 3 fully saturated rings. The number of imide groups is 2. The zero-order valence-corrected chi connectivity index (χ0v) is 32.6. The minimum atomic E-state index is -1.29. The van der Waals surface area contributed by atoms with Crippen LogP contribution in [0.5, 0.6) is 5.75 Å². The predicted molar refractivity (Wildman–Crippen MR) is 213 cm³/mol. The number of thiophene rings is 1. The quantitative estimate of drug-likeness (QED) is 0.0754. The normalized spacial score (nSPS) is 25.5. The number of hydrogen-bond donors (Lipinski definition) is 1. The molecule has 0 radical (unpaired) electrons. The molecule has 2 aliphatic heterocycles. The van der Waals surface area contributed by atoms with Crippen LogP contribution in [0.1, 0.15) is 36.8 Å². The first kappa shape index (κ1) is 36.9. The Morgan fingerprint density at radius 3 is 2.51 bits per heavy atom. The molecule has 1 saturated carbocycles. The predicted octanol–water partition coefficient (Wildman–Crippen LogP) is 6.98. The lowest BCUT2D eigenvalue weighted by molar-refractivity contribution is -0.384. The van der Waals surface area contributed by atoms with Crippen molar-refractivity contribution in [1.29, 1.82) is 0 Å². The molecule has 1 N–H and O–H groups in total. The van der Waals surface area contributed by atoms with Crippen LogP contribution < -0.4 is 14.5 Å². The van der Waals surface area contributed by atoms with Gasteiger partial charge < -0.3 is 9.84 Å². The van der Waals surface area contributed by atoms with Gasteiger partial charge in [-0.2, -0.15) is 5.10 Å². The van der Waals surface area contributed by atoms with Crippen LogP contribution in [0.2, 0.25) is 5.02 Å². The second kappa shape index (κ2) is 13.5. The molecular formula is C42H36ClN5O8S. The second-order valence-electron chi connectivity index (χ2n) is 15.3. The van der Waals surface area contributed by atoms with Gasteiger partial charge in [-0.15, -0.1) is 11.3 Å². The second-order valence-corrected chi connectivity index (χ2v) is 16.8. The Hall–Kier alpha value is -5.70. The lowest BCUT2D eigenvalue weighted by Gasteiger charge is -2.49. The molecule has 0 spiro atoms. The zero-order chi connectivity index (χ0) is 40.1. The number of nitro groups is 1. The number of nitro benzene ring substituents is 1. The number of rotatable bonds is 8. The van der Waals surface area contributed by atoms with Gasteiger partial charge >= 0.3 is 0 Å². The first-order valence-electron chi connectivity index (χ1n) is 18.6. The lowest BCUT2D eigenvalue weighted by Crippen LogP contribution is -2.48. The number of aliphatic hydroxyl groups excluding tert-OH is 1. The van der Waals surface area contributed by atoms with E-state index in [0.29, 0.717) is 22.3 Å². The van der Waals surface area contributed by atoms with Crippen LogP contribution in [-0.4, -0.2) is 56.7 Å². The van der Waals surface area contributed by atoms with Crippen molar-refractivity contribution in [2.24, 2.45) is 36.1 Å². The van der Waals surface area contributed by atoms with Gasteiger partial charge in [0.15, 0.2) is 0 Å². The number of carbonyl (C=O) groups excluding carboxylic acids is 4. The van der Waals surface area contributed by atoms with E-state index >= 15 is 4.79 Å². The number of aryl methyl sites for hydroxylation is 2. The van der Waals surface area contributed by atoms with Gasteiger partial charge in [-0.05, 0) is 85.5 Å². The molecular weight excluding hydrogens is 770 g/mol. The Balaban J connectivity index is 1.13. The molecule has 2 aromatic heterocycles. The number of amides is 4. The van der Waals surface area contributed by atoms with Gasteiger partial charge in [0.05, 0.1) is 45.3 Å². The summed E-state index contributed by atoms with van der Waals surface area (Å²) in [6.45, 7) is 3.74. The van der Waals surface area contributed by atoms with E-state index in [1.807, 2.05) is 50.3 Å². The van der Waals surface area contributed by atoms with E-state index < -0.39 is 63.6 Å². The average Bonchev–Trinajstić information content (AvgIpc) is 3.87. The summed E-state index contributed by atoms with van der Waals surface area (Å²) in [6.07, 6.45) is 2.31. The molecule has 6 atom stereocenters. The minimum absolute atomic E-state index is 0.0967. The Morgan fingerprint density at radius 2 is 1.77 bits per heavy atom. The van der Waals surface area contributed by atoms with Gasteiger partial charge in [0.25, 0.3) is 5.69 Å². The zero-order valence-electron chi connectivity index (χ0n) is 31.0. The van der Waals surface area contributed by atoms with E-state index in [1.165, 1.54) is 29.2 Å². The fourth-order valence-electron chi connectivity index (χ4n) is 9.75. The van der Waals surface area contributed by atoms with Crippen molar-refractivity contribution in [2.75, 3.05) is 23.0 Å². The van der Waals surface area contributed by atoms with Crippen LogP contribution in [0, 0.1) is 46.1 Å². The molecule has 0 bridgehead atoms. The molecule has 2 aliphatic carbocycles. The standard InChI is InChI=1S/C42H36ClN5O8S/c1-21-29-17-23(43)9-14-33(29)57-37(21)32-20-34(45(3)44-32)47-39(51)31-19-30-27(36(42(31,2)41(47)53)22-7-10-26(11-8-22)56-16-15-49)12-13-28-35(30)40(52)46(38(28)50)24-5-4-6-25(18-24)48(54)55/h4-12,14,17-18,20,28,30-31,35-36,49H,13,15-16,19H2,1-3H3/t28-,30+,31-,35-,36-,42+/m0/s1. The Labute approximate surface area is 335 Å². The molecule has 4 heterocycles. The maximum Gasteiger partial charge on any atom is 0.271 e. The Kier molecular flexibility index (Phi) is 8.72. The van der Waals surface area contributed by atoms with Crippen LogP contribution in [0.25, 0.3) is 20.7 Å². The summed E-state index contributed by atoms with van der Waals surface area (Å²) in [4.78, 5) is 72.7. The number of halogens is 1. The Bertz CT molecular complexity index is 2600. The number of ether oxygens (including phenoxy) is 1. The number of aliphatic hydroxyl groups is 1. The van der Waals surface area contributed by atoms with Crippen molar-refractivity contribution < 1.29 is 33.9 Å². The number of hydrogen-bond acceptors (Lipinski definition) is 10. The van der Waals surface area contributed by atoms with E-state index in [1.54, 1.807) is 41.3 Å². The van der Waals surface area contributed by atoms with Gasteiger partial charge in [0, 0.05) is 40.9 Å². The molecule has 15 heteroatoms. The maximum atomic E-state index is 15.1. The third kappa shape index (κ3) is 5.48. The molecule has 9 rings (SSSR count). The highest BCUT2D eigenvalue weighted by molar-refractivity contribution is 7.22. The van der Waals surface area contributed by atoms with Crippen molar-refractivity contribution in [2.45, 2.75) is 32.6 Å². The maximum absolute atomic E-state index is 15.1. The van der Waals surface area contributed by atoms with Crippen molar-refractivity contribution in [1.82, 2.24) is 9.78 Å². The largest absolute Gasteiger partial charge is 0.491 e. The van der Waals surface area contributed by atoms with Crippen molar-refractivity contribution in [3.05, 3.63) is 111 Å². The van der Waals surface area contributed by atoms with E-state index in [4.69, 9.17) is 21.4 Å². The average molecular weight is 806 g/mol. The highest BCUT2D eigenvalue weighted by atomic mass is 35.5. The number of benzene rings is 3. The molecule has 5 aromatic rings. The number of allylic oxidation sites excluding steroid dienone is 2. The highest BCUT2D eigenvalue weighted by Crippen LogP contribution is 2.64. The van der Waals surface area contributed by atoms with Crippen LogP contribution in [0.15, 0.2) is 84.4 Å². The van der Waals surface area contributed by atoms with Gasteiger partial charge in [-0.1, -0.05) is 41.4 Å². The number of non-ortho nitro benzene ring substituents is 1. The lowest BCUT2D eigenvalue weighted by atomic mass is 9.51. The van der Waals surface area contributed by atoms with Crippen LogP contribution >= 0.6 is 22.9 Å². The first-order valence-corrected chi connectivity index (χ1v) is 19.8. The SMILES string of the molecule is Cc1c(-c2cc(N3C(=O)[C@@H]4C[C@@H]5C(=CC[C@@H]6C(=O)N(c7cccc([N+](=O)[O-])c7)C(=O)[C@@H]65)[C@H](c5ccc(OCCO)cc5)[C@]4(C)C3=O)n(C)n2)sc2ccc(Cl)cc12. The first-order chi connectivity index (χ1) is 27.3. The Morgan fingerprint density at radius 1 is 1.00 bits per heavy atom. The van der Waals surface area contributed by atoms with Gasteiger partial charge in [-0.25, -0.2) is 9.80 Å². The number of aromatic nitrogens is 2.